The third kappa shape index (κ3) is 2.46. The lowest BCUT2D eigenvalue weighted by atomic mass is 10.1. The zero-order valence-corrected chi connectivity index (χ0v) is 12.4. The molecule has 6 heteroatoms. The summed E-state index contributed by atoms with van der Waals surface area (Å²) in [7, 11) is 0. The molecule has 120 valence electrons. The van der Waals surface area contributed by atoms with Crippen molar-refractivity contribution in [3.8, 4) is 0 Å². The molecule has 0 fully saturated rings. The number of aromatic amines is 1. The molecule has 0 unspecified atom stereocenters. The van der Waals surface area contributed by atoms with Crippen LogP contribution in [0.15, 0.2) is 60.8 Å². The molecule has 0 saturated heterocycles. The number of hydrogen-bond donors (Lipinski definition) is 2. The van der Waals surface area contributed by atoms with Crippen molar-refractivity contribution < 1.29 is 13.2 Å². The van der Waals surface area contributed by atoms with Crippen LogP contribution in [0.5, 0.6) is 0 Å². The van der Waals surface area contributed by atoms with Gasteiger partial charge in [-0.1, -0.05) is 24.3 Å². The predicted octanol–water partition coefficient (Wildman–Crippen LogP) is 5.48. The number of H-pyrrole nitrogens is 1. The number of halogens is 3. The molecule has 0 spiro atoms. The van der Waals surface area contributed by atoms with E-state index in [-0.39, 0.29) is 0 Å². The van der Waals surface area contributed by atoms with Crippen LogP contribution in [0.1, 0.15) is 5.56 Å². The number of para-hydroxylation sites is 1. The first-order valence-corrected chi connectivity index (χ1v) is 7.32. The number of hydrogen-bond acceptors (Lipinski definition) is 2. The van der Waals surface area contributed by atoms with E-state index in [0.29, 0.717) is 17.0 Å². The van der Waals surface area contributed by atoms with E-state index in [1.807, 2.05) is 24.3 Å². The standard InChI is InChI=1S/C18H12F3N3/c19-18(20,21)11-4-3-5-12(10-11)23-15-8-9-22-17-16(15)13-6-1-2-7-14(13)24-17/h1-10H,(H2,22,23,24). The lowest BCUT2D eigenvalue weighted by Gasteiger charge is -2.11. The second-order valence-electron chi connectivity index (χ2n) is 5.46. The maximum atomic E-state index is 12.9. The number of alkyl halides is 3. The Hall–Kier alpha value is -3.02. The normalized spacial score (nSPS) is 12.0. The van der Waals surface area contributed by atoms with Gasteiger partial charge in [0.15, 0.2) is 0 Å². The van der Waals surface area contributed by atoms with Crippen LogP contribution in [0.2, 0.25) is 0 Å². The largest absolute Gasteiger partial charge is 0.416 e. The van der Waals surface area contributed by atoms with Gasteiger partial charge < -0.3 is 10.3 Å². The Morgan fingerprint density at radius 2 is 1.79 bits per heavy atom. The van der Waals surface area contributed by atoms with Crippen LogP contribution in [-0.4, -0.2) is 9.97 Å². The van der Waals surface area contributed by atoms with E-state index in [2.05, 4.69) is 15.3 Å². The molecule has 0 aliphatic heterocycles. The summed E-state index contributed by atoms with van der Waals surface area (Å²) in [5.74, 6) is 0. The zero-order chi connectivity index (χ0) is 16.7. The highest BCUT2D eigenvalue weighted by molar-refractivity contribution is 6.12. The molecule has 4 rings (SSSR count). The third-order valence-corrected chi connectivity index (χ3v) is 3.87. The Kier molecular flexibility index (Phi) is 3.19. The van der Waals surface area contributed by atoms with E-state index >= 15 is 0 Å². The number of nitrogens with zero attached hydrogens (tertiary/aromatic N) is 1. The number of pyridine rings is 1. The number of aromatic nitrogens is 2. The summed E-state index contributed by atoms with van der Waals surface area (Å²) in [6.07, 6.45) is -2.75. The topological polar surface area (TPSA) is 40.7 Å². The Morgan fingerprint density at radius 1 is 0.958 bits per heavy atom. The Morgan fingerprint density at radius 3 is 2.62 bits per heavy atom. The van der Waals surface area contributed by atoms with Crippen molar-refractivity contribution in [1.29, 1.82) is 0 Å². The van der Waals surface area contributed by atoms with E-state index in [4.69, 9.17) is 0 Å². The van der Waals surface area contributed by atoms with Gasteiger partial charge in [-0.3, -0.25) is 0 Å². The number of nitrogens with one attached hydrogen (secondary N) is 2. The van der Waals surface area contributed by atoms with Gasteiger partial charge in [0, 0.05) is 22.8 Å². The third-order valence-electron chi connectivity index (χ3n) is 3.87. The predicted molar refractivity (Wildman–Crippen MR) is 88.3 cm³/mol. The molecule has 0 aliphatic carbocycles. The summed E-state index contributed by atoms with van der Waals surface area (Å²) in [6, 6.07) is 14.6. The van der Waals surface area contributed by atoms with E-state index in [1.54, 1.807) is 18.3 Å². The summed E-state index contributed by atoms with van der Waals surface area (Å²) in [6.45, 7) is 0. The fraction of sp³-hybridized carbons (Fsp3) is 0.0556. The van der Waals surface area contributed by atoms with E-state index < -0.39 is 11.7 Å². The van der Waals surface area contributed by atoms with Crippen molar-refractivity contribution in [3.63, 3.8) is 0 Å². The van der Waals surface area contributed by atoms with Gasteiger partial charge in [-0.05, 0) is 30.3 Å². The Balaban J connectivity index is 1.83. The first kappa shape index (κ1) is 14.6. The number of rotatable bonds is 2. The van der Waals surface area contributed by atoms with E-state index in [0.717, 1.165) is 28.4 Å². The quantitative estimate of drug-likeness (QED) is 0.512. The van der Waals surface area contributed by atoms with Crippen molar-refractivity contribution in [2.75, 3.05) is 5.32 Å². The lowest BCUT2D eigenvalue weighted by Crippen LogP contribution is -2.05. The van der Waals surface area contributed by atoms with Crippen molar-refractivity contribution in [3.05, 3.63) is 66.4 Å². The van der Waals surface area contributed by atoms with Crippen molar-refractivity contribution in [1.82, 2.24) is 9.97 Å². The summed E-state index contributed by atoms with van der Waals surface area (Å²) >= 11 is 0. The molecule has 2 heterocycles. The molecule has 0 amide bonds. The second kappa shape index (κ2) is 5.26. The van der Waals surface area contributed by atoms with Gasteiger partial charge in [0.25, 0.3) is 0 Å². The molecule has 0 atom stereocenters. The Labute approximate surface area is 135 Å². The molecular weight excluding hydrogens is 315 g/mol. The highest BCUT2D eigenvalue weighted by Gasteiger charge is 2.30. The average Bonchev–Trinajstić information content (AvgIpc) is 2.94. The lowest BCUT2D eigenvalue weighted by molar-refractivity contribution is -0.137. The van der Waals surface area contributed by atoms with Crippen LogP contribution >= 0.6 is 0 Å². The van der Waals surface area contributed by atoms with Crippen molar-refractivity contribution >= 4 is 33.3 Å². The van der Waals surface area contributed by atoms with Crippen LogP contribution in [-0.2, 0) is 6.18 Å². The zero-order valence-electron chi connectivity index (χ0n) is 12.4. The fourth-order valence-corrected chi connectivity index (χ4v) is 2.80. The molecule has 0 aliphatic rings. The molecule has 2 aromatic carbocycles. The van der Waals surface area contributed by atoms with Gasteiger partial charge in [-0.15, -0.1) is 0 Å². The monoisotopic (exact) mass is 327 g/mol. The van der Waals surface area contributed by atoms with E-state index in [9.17, 15) is 13.2 Å². The molecule has 2 N–H and O–H groups in total. The van der Waals surface area contributed by atoms with Gasteiger partial charge in [-0.2, -0.15) is 13.2 Å². The minimum Gasteiger partial charge on any atom is -0.355 e. The van der Waals surface area contributed by atoms with Crippen molar-refractivity contribution in [2.24, 2.45) is 0 Å². The fourth-order valence-electron chi connectivity index (χ4n) is 2.80. The van der Waals surface area contributed by atoms with Crippen LogP contribution in [0, 0.1) is 0 Å². The van der Waals surface area contributed by atoms with Gasteiger partial charge in [0.1, 0.15) is 5.65 Å². The van der Waals surface area contributed by atoms with E-state index in [1.165, 1.54) is 6.07 Å². The highest BCUT2D eigenvalue weighted by atomic mass is 19.4. The first-order valence-electron chi connectivity index (χ1n) is 7.32. The van der Waals surface area contributed by atoms with Crippen LogP contribution in [0.3, 0.4) is 0 Å². The molecule has 2 aromatic heterocycles. The minimum absolute atomic E-state index is 0.377. The van der Waals surface area contributed by atoms with Crippen LogP contribution < -0.4 is 5.32 Å². The molecule has 0 saturated carbocycles. The average molecular weight is 327 g/mol. The number of anilines is 2. The molecule has 24 heavy (non-hydrogen) atoms. The van der Waals surface area contributed by atoms with Gasteiger partial charge in [0.2, 0.25) is 0 Å². The summed E-state index contributed by atoms with van der Waals surface area (Å²) < 4.78 is 38.6. The molecule has 0 bridgehead atoms. The molecule has 3 nitrogen and oxygen atoms in total. The van der Waals surface area contributed by atoms with Crippen LogP contribution in [0.4, 0.5) is 24.5 Å². The summed E-state index contributed by atoms with van der Waals surface area (Å²) in [4.78, 5) is 7.51. The maximum absolute atomic E-state index is 12.9. The van der Waals surface area contributed by atoms with Crippen molar-refractivity contribution in [2.45, 2.75) is 6.18 Å². The Bertz CT molecular complexity index is 1030. The van der Waals surface area contributed by atoms with Crippen LogP contribution in [0.25, 0.3) is 21.9 Å². The smallest absolute Gasteiger partial charge is 0.355 e. The van der Waals surface area contributed by atoms with Gasteiger partial charge >= 0.3 is 6.18 Å². The maximum Gasteiger partial charge on any atom is 0.416 e. The molecular formula is C18H12F3N3. The minimum atomic E-state index is -4.37. The highest BCUT2D eigenvalue weighted by Crippen LogP contribution is 2.34. The number of fused-ring (bicyclic) bond motifs is 3. The number of benzene rings is 2. The SMILES string of the molecule is FC(F)(F)c1cccc(Nc2ccnc3[nH]c4ccccc4c23)c1. The summed E-state index contributed by atoms with van der Waals surface area (Å²) in [5, 5.41) is 4.90. The van der Waals surface area contributed by atoms with Gasteiger partial charge in [-0.25, -0.2) is 4.98 Å². The molecule has 4 aromatic rings. The second-order valence-corrected chi connectivity index (χ2v) is 5.46. The summed E-state index contributed by atoms with van der Waals surface area (Å²) in [5.41, 5.74) is 2.02. The van der Waals surface area contributed by atoms with Gasteiger partial charge in [0.05, 0.1) is 16.6 Å². The molecule has 0 radical (unpaired) electrons. The first-order chi connectivity index (χ1) is 11.5.